The van der Waals surface area contributed by atoms with Crippen molar-refractivity contribution in [1.82, 2.24) is 9.88 Å². The Morgan fingerprint density at radius 3 is 2.34 bits per heavy atom. The molecule has 1 N–H and O–H groups in total. The monoisotopic (exact) mass is 466 g/mol. The Hall–Kier alpha value is -1.48. The van der Waals surface area contributed by atoms with Crippen molar-refractivity contribution in [3.8, 4) is 0 Å². The first-order valence-electron chi connectivity index (χ1n) is 12.2. The molecule has 0 amide bonds. The normalized spacial score (nSPS) is 29.7. The van der Waals surface area contributed by atoms with Gasteiger partial charge in [0.15, 0.2) is 0 Å². The third-order valence-corrected chi connectivity index (χ3v) is 9.42. The first kappa shape index (κ1) is 21.1. The molecule has 4 aliphatic carbocycles. The fourth-order valence-corrected chi connectivity index (χ4v) is 8.08. The van der Waals surface area contributed by atoms with Gasteiger partial charge in [-0.2, -0.15) is 0 Å². The van der Waals surface area contributed by atoms with E-state index in [9.17, 15) is 0 Å². The number of halogens is 2. The number of fused-ring (bicyclic) bond motifs is 1. The lowest BCUT2D eigenvalue weighted by molar-refractivity contribution is -0.0706. The summed E-state index contributed by atoms with van der Waals surface area (Å²) in [5, 5.41) is 6.73. The third kappa shape index (κ3) is 3.69. The molecule has 0 aliphatic heterocycles. The van der Waals surface area contributed by atoms with Gasteiger partial charge in [0.05, 0.1) is 0 Å². The number of rotatable bonds is 6. The van der Waals surface area contributed by atoms with Gasteiger partial charge in [0, 0.05) is 46.3 Å². The number of benzene rings is 2. The van der Waals surface area contributed by atoms with E-state index in [-0.39, 0.29) is 0 Å². The summed E-state index contributed by atoms with van der Waals surface area (Å²) in [7, 11) is 0. The Bertz CT molecular complexity index is 1110. The van der Waals surface area contributed by atoms with E-state index in [1.807, 2.05) is 18.2 Å². The minimum atomic E-state index is 0.532. The fourth-order valence-electron chi connectivity index (χ4n) is 7.62. The van der Waals surface area contributed by atoms with Gasteiger partial charge < -0.3 is 9.88 Å². The number of para-hydroxylation sites is 1. The SMILES string of the molecule is C[C@H](NCc1cn(Cc2ccc(Cl)cc2Cl)c2ccccc12)C12CC3CC(CC(C3)C1)C2. The lowest BCUT2D eigenvalue weighted by Gasteiger charge is -2.59. The third-order valence-electron chi connectivity index (χ3n) is 8.83. The molecule has 168 valence electrons. The highest BCUT2D eigenvalue weighted by Gasteiger charge is 2.52. The summed E-state index contributed by atoms with van der Waals surface area (Å²) in [6, 6.07) is 15.1. The summed E-state index contributed by atoms with van der Waals surface area (Å²) in [5.74, 6) is 2.99. The molecule has 2 nitrogen and oxygen atoms in total. The van der Waals surface area contributed by atoms with Crippen molar-refractivity contribution >= 4 is 34.1 Å². The van der Waals surface area contributed by atoms with E-state index < -0.39 is 0 Å². The topological polar surface area (TPSA) is 17.0 Å². The number of aromatic nitrogens is 1. The maximum Gasteiger partial charge on any atom is 0.0491 e. The Morgan fingerprint density at radius 2 is 1.66 bits per heavy atom. The molecule has 1 aromatic heterocycles. The van der Waals surface area contributed by atoms with Crippen molar-refractivity contribution in [2.24, 2.45) is 23.2 Å². The number of nitrogens with zero attached hydrogens (tertiary/aromatic N) is 1. The van der Waals surface area contributed by atoms with Gasteiger partial charge in [-0.15, -0.1) is 0 Å². The van der Waals surface area contributed by atoms with Crippen LogP contribution < -0.4 is 5.32 Å². The Balaban J connectivity index is 1.23. The van der Waals surface area contributed by atoms with Crippen LogP contribution in [0.25, 0.3) is 10.9 Å². The first-order valence-corrected chi connectivity index (χ1v) is 13.0. The van der Waals surface area contributed by atoms with Gasteiger partial charge in [-0.1, -0.05) is 47.5 Å². The molecular formula is C28H32Cl2N2. The Kier molecular flexibility index (Phi) is 5.32. The first-order chi connectivity index (χ1) is 15.5. The molecule has 1 heterocycles. The predicted molar refractivity (Wildman–Crippen MR) is 134 cm³/mol. The van der Waals surface area contributed by atoms with Crippen LogP contribution in [0.3, 0.4) is 0 Å². The zero-order valence-electron chi connectivity index (χ0n) is 18.8. The molecule has 7 rings (SSSR count). The van der Waals surface area contributed by atoms with Crippen LogP contribution in [0.5, 0.6) is 0 Å². The maximum atomic E-state index is 6.48. The summed E-state index contributed by atoms with van der Waals surface area (Å²) in [4.78, 5) is 0. The molecule has 4 fully saturated rings. The van der Waals surface area contributed by atoms with E-state index in [1.54, 1.807) is 0 Å². The second-order valence-electron chi connectivity index (χ2n) is 10.9. The van der Waals surface area contributed by atoms with E-state index in [0.29, 0.717) is 16.5 Å². The molecule has 3 aromatic rings. The average Bonchev–Trinajstić information content (AvgIpc) is 3.10. The van der Waals surface area contributed by atoms with Gasteiger partial charge >= 0.3 is 0 Å². The highest BCUT2D eigenvalue weighted by Crippen LogP contribution is 2.61. The van der Waals surface area contributed by atoms with Gasteiger partial charge in [-0.05, 0) is 97.9 Å². The van der Waals surface area contributed by atoms with Crippen molar-refractivity contribution < 1.29 is 0 Å². The van der Waals surface area contributed by atoms with E-state index in [2.05, 4.69) is 47.3 Å². The Labute approximate surface area is 201 Å². The fraction of sp³-hybridized carbons (Fsp3) is 0.500. The molecule has 4 heteroatoms. The van der Waals surface area contributed by atoms with Gasteiger partial charge in [0.1, 0.15) is 0 Å². The van der Waals surface area contributed by atoms with E-state index in [4.69, 9.17) is 23.2 Å². The van der Waals surface area contributed by atoms with Gasteiger partial charge in [-0.3, -0.25) is 0 Å². The van der Waals surface area contributed by atoms with Crippen LogP contribution in [0.2, 0.25) is 10.0 Å². The summed E-state index contributed by atoms with van der Waals surface area (Å²) in [6.07, 6.45) is 11.2. The predicted octanol–water partition coefficient (Wildman–Crippen LogP) is 7.69. The summed E-state index contributed by atoms with van der Waals surface area (Å²) in [5.41, 5.74) is 4.27. The zero-order chi connectivity index (χ0) is 21.9. The zero-order valence-corrected chi connectivity index (χ0v) is 20.3. The summed E-state index contributed by atoms with van der Waals surface area (Å²) < 4.78 is 2.33. The van der Waals surface area contributed by atoms with Gasteiger partial charge in [0.25, 0.3) is 0 Å². The smallest absolute Gasteiger partial charge is 0.0491 e. The molecule has 0 unspecified atom stereocenters. The van der Waals surface area contributed by atoms with Crippen LogP contribution in [0.15, 0.2) is 48.7 Å². The molecular weight excluding hydrogens is 435 g/mol. The standard InChI is InChI=1S/C28H32Cl2N2/c1-18(28-12-19-8-20(13-28)10-21(9-19)14-28)31-15-23-17-32(27-5-3-2-4-25(23)27)16-22-6-7-24(29)11-26(22)30/h2-7,11,17-21,31H,8-10,12-16H2,1H3/t18-,19?,20?,21?,28?/m0/s1. The lowest BCUT2D eigenvalue weighted by Crippen LogP contribution is -2.54. The van der Waals surface area contributed by atoms with E-state index >= 15 is 0 Å². The van der Waals surface area contributed by atoms with Crippen molar-refractivity contribution in [3.05, 3.63) is 69.8 Å². The molecule has 2 aromatic carbocycles. The van der Waals surface area contributed by atoms with Crippen LogP contribution in [-0.4, -0.2) is 10.6 Å². The molecule has 4 bridgehead atoms. The van der Waals surface area contributed by atoms with Crippen LogP contribution in [0, 0.1) is 23.2 Å². The van der Waals surface area contributed by atoms with Gasteiger partial charge in [0.2, 0.25) is 0 Å². The van der Waals surface area contributed by atoms with Crippen molar-refractivity contribution in [2.75, 3.05) is 0 Å². The van der Waals surface area contributed by atoms with Crippen molar-refractivity contribution in [1.29, 1.82) is 0 Å². The van der Waals surface area contributed by atoms with Gasteiger partial charge in [-0.25, -0.2) is 0 Å². The minimum absolute atomic E-state index is 0.532. The number of nitrogens with one attached hydrogen (secondary N) is 1. The largest absolute Gasteiger partial charge is 0.343 e. The second-order valence-corrected chi connectivity index (χ2v) is 11.8. The molecule has 4 saturated carbocycles. The quantitative estimate of drug-likeness (QED) is 0.393. The molecule has 0 spiro atoms. The maximum absolute atomic E-state index is 6.48. The average molecular weight is 467 g/mol. The van der Waals surface area contributed by atoms with Crippen LogP contribution >= 0.6 is 23.2 Å². The number of hydrogen-bond acceptors (Lipinski definition) is 1. The van der Waals surface area contributed by atoms with Crippen LogP contribution in [0.1, 0.15) is 56.6 Å². The minimum Gasteiger partial charge on any atom is -0.343 e. The highest BCUT2D eigenvalue weighted by molar-refractivity contribution is 6.35. The molecule has 1 atom stereocenters. The summed E-state index contributed by atoms with van der Waals surface area (Å²) in [6.45, 7) is 4.13. The van der Waals surface area contributed by atoms with Crippen molar-refractivity contribution in [3.63, 3.8) is 0 Å². The lowest BCUT2D eigenvalue weighted by atomic mass is 9.48. The summed E-state index contributed by atoms with van der Waals surface area (Å²) >= 11 is 12.6. The van der Waals surface area contributed by atoms with Crippen LogP contribution in [0.4, 0.5) is 0 Å². The molecule has 4 aliphatic rings. The number of hydrogen-bond donors (Lipinski definition) is 1. The highest BCUT2D eigenvalue weighted by atomic mass is 35.5. The molecule has 0 saturated heterocycles. The Morgan fingerprint density at radius 1 is 0.969 bits per heavy atom. The molecule has 0 radical (unpaired) electrons. The van der Waals surface area contributed by atoms with E-state index in [0.717, 1.165) is 41.4 Å². The van der Waals surface area contributed by atoms with Crippen molar-refractivity contribution in [2.45, 2.75) is 64.6 Å². The van der Waals surface area contributed by atoms with E-state index in [1.165, 1.54) is 55.0 Å². The molecule has 32 heavy (non-hydrogen) atoms. The second kappa shape index (κ2) is 8.08. The van der Waals surface area contributed by atoms with Crippen LogP contribution in [-0.2, 0) is 13.1 Å².